The van der Waals surface area contributed by atoms with Crippen LogP contribution < -0.4 is 4.90 Å². The zero-order valence-electron chi connectivity index (χ0n) is 14.6. The molecule has 0 unspecified atom stereocenters. The van der Waals surface area contributed by atoms with Gasteiger partial charge in [0.15, 0.2) is 0 Å². The third kappa shape index (κ3) is 3.65. The molecular weight excluding hydrogens is 302 g/mol. The molecule has 3 aromatic rings. The molecule has 0 saturated carbocycles. The van der Waals surface area contributed by atoms with Crippen LogP contribution in [-0.4, -0.2) is 7.05 Å². The van der Waals surface area contributed by atoms with Crippen molar-refractivity contribution in [3.8, 4) is 23.5 Å². The fourth-order valence-electron chi connectivity index (χ4n) is 2.93. The molecule has 122 valence electrons. The Morgan fingerprint density at radius 1 is 0.920 bits per heavy atom. The molecule has 0 aromatic heterocycles. The van der Waals surface area contributed by atoms with E-state index in [0.717, 1.165) is 11.4 Å². The summed E-state index contributed by atoms with van der Waals surface area (Å²) >= 11 is 0. The number of allylic oxidation sites excluding steroid dienone is 3. The minimum Gasteiger partial charge on any atom is -0.345 e. The summed E-state index contributed by atoms with van der Waals surface area (Å²) < 4.78 is 0. The van der Waals surface area contributed by atoms with Crippen LogP contribution in [0.3, 0.4) is 0 Å². The molecule has 0 aliphatic rings. The Bertz CT molecular complexity index is 969. The van der Waals surface area contributed by atoms with E-state index in [9.17, 15) is 0 Å². The Morgan fingerprint density at radius 3 is 2.28 bits per heavy atom. The number of fused-ring (bicyclic) bond motifs is 1. The van der Waals surface area contributed by atoms with Crippen molar-refractivity contribution in [3.63, 3.8) is 0 Å². The Hall–Kier alpha value is -3.24. The van der Waals surface area contributed by atoms with Crippen LogP contribution in [0.1, 0.15) is 6.92 Å². The first-order chi connectivity index (χ1) is 12.2. The largest absolute Gasteiger partial charge is 0.345 e. The first-order valence-corrected chi connectivity index (χ1v) is 8.35. The normalized spacial score (nSPS) is 11.6. The Labute approximate surface area is 149 Å². The van der Waals surface area contributed by atoms with Crippen LogP contribution in [0.4, 0.5) is 5.69 Å². The molecule has 3 rings (SSSR count). The number of benzene rings is 3. The van der Waals surface area contributed by atoms with Crippen molar-refractivity contribution in [3.05, 3.63) is 90.7 Å². The van der Waals surface area contributed by atoms with E-state index in [0.29, 0.717) is 0 Å². The summed E-state index contributed by atoms with van der Waals surface area (Å²) in [6, 6.07) is 23.6. The second-order valence-electron chi connectivity index (χ2n) is 5.88. The highest BCUT2D eigenvalue weighted by atomic mass is 15.1. The van der Waals surface area contributed by atoms with Gasteiger partial charge in [0.2, 0.25) is 0 Å². The van der Waals surface area contributed by atoms with Gasteiger partial charge in [-0.1, -0.05) is 60.5 Å². The minimum absolute atomic E-state index is 1.07. The van der Waals surface area contributed by atoms with Gasteiger partial charge >= 0.3 is 0 Å². The van der Waals surface area contributed by atoms with Crippen LogP contribution in [0.5, 0.6) is 0 Å². The number of nitrogens with zero attached hydrogens (tertiary/aromatic N) is 1. The summed E-state index contributed by atoms with van der Waals surface area (Å²) in [4.78, 5) is 2.12. The van der Waals surface area contributed by atoms with Crippen LogP contribution in [0, 0.1) is 12.3 Å². The van der Waals surface area contributed by atoms with E-state index in [1.165, 1.54) is 21.9 Å². The van der Waals surface area contributed by atoms with Gasteiger partial charge in [0.1, 0.15) is 0 Å². The maximum absolute atomic E-state index is 5.31. The van der Waals surface area contributed by atoms with Crippen molar-refractivity contribution >= 4 is 16.5 Å². The molecule has 0 aliphatic heterocycles. The van der Waals surface area contributed by atoms with Crippen molar-refractivity contribution in [1.82, 2.24) is 0 Å². The molecule has 0 bridgehead atoms. The van der Waals surface area contributed by atoms with Gasteiger partial charge in [-0.25, -0.2) is 0 Å². The molecule has 0 heterocycles. The molecule has 3 aromatic carbocycles. The van der Waals surface area contributed by atoms with E-state index in [2.05, 4.69) is 77.6 Å². The van der Waals surface area contributed by atoms with Crippen LogP contribution in [0.25, 0.3) is 21.9 Å². The molecule has 0 spiro atoms. The topological polar surface area (TPSA) is 3.24 Å². The molecule has 1 heteroatoms. The molecule has 0 amide bonds. The van der Waals surface area contributed by atoms with Gasteiger partial charge in [0, 0.05) is 18.4 Å². The molecule has 25 heavy (non-hydrogen) atoms. The van der Waals surface area contributed by atoms with Crippen molar-refractivity contribution in [2.75, 3.05) is 11.9 Å². The zero-order chi connectivity index (χ0) is 17.6. The van der Waals surface area contributed by atoms with Crippen LogP contribution in [-0.2, 0) is 0 Å². The summed E-state index contributed by atoms with van der Waals surface area (Å²) in [6.07, 6.45) is 11.0. The average Bonchev–Trinajstić information content (AvgIpc) is 2.68. The number of rotatable bonds is 4. The van der Waals surface area contributed by atoms with E-state index in [4.69, 9.17) is 6.42 Å². The third-order valence-corrected chi connectivity index (χ3v) is 4.37. The predicted molar refractivity (Wildman–Crippen MR) is 110 cm³/mol. The van der Waals surface area contributed by atoms with Gasteiger partial charge in [-0.15, -0.1) is 6.42 Å². The number of hydrogen-bond acceptors (Lipinski definition) is 1. The second-order valence-corrected chi connectivity index (χ2v) is 5.88. The van der Waals surface area contributed by atoms with Gasteiger partial charge in [-0.05, 0) is 59.2 Å². The highest BCUT2D eigenvalue weighted by Gasteiger charge is 2.05. The van der Waals surface area contributed by atoms with E-state index in [1.54, 1.807) is 6.08 Å². The van der Waals surface area contributed by atoms with E-state index in [-0.39, 0.29) is 0 Å². The molecule has 0 N–H and O–H groups in total. The first kappa shape index (κ1) is 16.6. The molecule has 0 fully saturated rings. The summed E-state index contributed by atoms with van der Waals surface area (Å²) in [5, 5.41) is 2.53. The van der Waals surface area contributed by atoms with Gasteiger partial charge in [-0.2, -0.15) is 0 Å². The zero-order valence-corrected chi connectivity index (χ0v) is 14.6. The van der Waals surface area contributed by atoms with Gasteiger partial charge in [0.25, 0.3) is 0 Å². The van der Waals surface area contributed by atoms with Crippen LogP contribution in [0.2, 0.25) is 0 Å². The molecule has 0 saturated heterocycles. The SMILES string of the molecule is C#C/C=C\C(=C/C)N(C)c1ccc(-c2ccc3ccccc3c2)cc1. The molecule has 0 radical (unpaired) electrons. The van der Waals surface area contributed by atoms with E-state index >= 15 is 0 Å². The minimum atomic E-state index is 1.07. The maximum Gasteiger partial charge on any atom is 0.0408 e. The molecule has 0 aliphatic carbocycles. The van der Waals surface area contributed by atoms with Crippen molar-refractivity contribution < 1.29 is 0 Å². The maximum atomic E-state index is 5.31. The van der Waals surface area contributed by atoms with E-state index < -0.39 is 0 Å². The van der Waals surface area contributed by atoms with Crippen molar-refractivity contribution in [2.45, 2.75) is 6.92 Å². The fourth-order valence-corrected chi connectivity index (χ4v) is 2.93. The van der Waals surface area contributed by atoms with Gasteiger partial charge in [0.05, 0.1) is 0 Å². The van der Waals surface area contributed by atoms with Gasteiger partial charge in [-0.3, -0.25) is 0 Å². The van der Waals surface area contributed by atoms with Crippen molar-refractivity contribution in [1.29, 1.82) is 0 Å². The first-order valence-electron chi connectivity index (χ1n) is 8.35. The fraction of sp³-hybridized carbons (Fsp3) is 0.0833. The van der Waals surface area contributed by atoms with E-state index in [1.807, 2.05) is 26.1 Å². The average molecular weight is 323 g/mol. The second kappa shape index (κ2) is 7.55. The highest BCUT2D eigenvalue weighted by molar-refractivity contribution is 5.87. The molecule has 1 nitrogen and oxygen atoms in total. The predicted octanol–water partition coefficient (Wildman–Crippen LogP) is 6.04. The van der Waals surface area contributed by atoms with Gasteiger partial charge < -0.3 is 4.90 Å². The lowest BCUT2D eigenvalue weighted by Gasteiger charge is -2.20. The Morgan fingerprint density at radius 2 is 1.60 bits per heavy atom. The smallest absolute Gasteiger partial charge is 0.0408 e. The van der Waals surface area contributed by atoms with Crippen LogP contribution >= 0.6 is 0 Å². The lowest BCUT2D eigenvalue weighted by atomic mass is 10.0. The summed E-state index contributed by atoms with van der Waals surface area (Å²) in [7, 11) is 2.04. The number of hydrogen-bond donors (Lipinski definition) is 0. The number of likely N-dealkylation sites (N-methyl/N-ethyl adjacent to an activating group) is 1. The lowest BCUT2D eigenvalue weighted by molar-refractivity contribution is 1.13. The number of terminal acetylenes is 1. The Balaban J connectivity index is 1.88. The Kier molecular flexibility index (Phi) is 5.02. The quantitative estimate of drug-likeness (QED) is 0.418. The van der Waals surface area contributed by atoms with Crippen molar-refractivity contribution in [2.24, 2.45) is 0 Å². The number of anilines is 1. The summed E-state index contributed by atoms with van der Waals surface area (Å²) in [5.74, 6) is 2.54. The highest BCUT2D eigenvalue weighted by Crippen LogP contribution is 2.27. The molecule has 0 atom stereocenters. The lowest BCUT2D eigenvalue weighted by Crippen LogP contribution is -2.14. The van der Waals surface area contributed by atoms with Crippen LogP contribution in [0.15, 0.2) is 90.7 Å². The summed E-state index contributed by atoms with van der Waals surface area (Å²) in [5.41, 5.74) is 4.63. The third-order valence-electron chi connectivity index (χ3n) is 4.37. The summed E-state index contributed by atoms with van der Waals surface area (Å²) in [6.45, 7) is 2.01. The standard InChI is InChI=1S/C24H21N/c1-4-6-11-23(5-2)25(3)24-16-14-20(15-17-24)22-13-12-19-9-7-8-10-21(19)18-22/h1,5-18H,2-3H3/b11-6-,23-5+. The monoisotopic (exact) mass is 323 g/mol. The molecular formula is C24H21N.